The Morgan fingerprint density at radius 3 is 2.89 bits per heavy atom. The molecule has 3 heteroatoms. The molecule has 1 aliphatic carbocycles. The third-order valence-corrected chi connectivity index (χ3v) is 4.93. The second-order valence-electron chi connectivity index (χ2n) is 5.86. The lowest BCUT2D eigenvalue weighted by Crippen LogP contribution is -2.35. The third-order valence-electron chi connectivity index (χ3n) is 3.88. The van der Waals surface area contributed by atoms with Crippen LogP contribution in [0, 0.1) is 5.92 Å². The Bertz CT molecular complexity index is 384. The lowest BCUT2D eigenvalue weighted by Gasteiger charge is -2.38. The van der Waals surface area contributed by atoms with Gasteiger partial charge in [0.1, 0.15) is 10.6 Å². The third kappa shape index (κ3) is 2.77. The number of hydrogen-bond acceptors (Lipinski definition) is 3. The van der Waals surface area contributed by atoms with Gasteiger partial charge >= 0.3 is 0 Å². The molecule has 0 saturated heterocycles. The highest BCUT2D eigenvalue weighted by Gasteiger charge is 2.39. The van der Waals surface area contributed by atoms with Crippen LogP contribution in [0.1, 0.15) is 70.0 Å². The summed E-state index contributed by atoms with van der Waals surface area (Å²) in [5.41, 5.74) is 1.12. The molecule has 0 bridgehead atoms. The van der Waals surface area contributed by atoms with E-state index >= 15 is 0 Å². The summed E-state index contributed by atoms with van der Waals surface area (Å²) < 4.78 is 6.17. The average Bonchev–Trinajstić information content (AvgIpc) is 2.79. The molecule has 2 atom stereocenters. The van der Waals surface area contributed by atoms with Crippen molar-refractivity contribution in [3.63, 3.8) is 0 Å². The van der Waals surface area contributed by atoms with Crippen molar-refractivity contribution in [3.05, 3.63) is 16.1 Å². The predicted octanol–water partition coefficient (Wildman–Crippen LogP) is 4.71. The minimum absolute atomic E-state index is 0.0930. The van der Waals surface area contributed by atoms with E-state index in [1.165, 1.54) is 23.5 Å². The molecule has 18 heavy (non-hydrogen) atoms. The van der Waals surface area contributed by atoms with Crippen molar-refractivity contribution in [2.24, 2.45) is 5.92 Å². The topological polar surface area (TPSA) is 22.1 Å². The van der Waals surface area contributed by atoms with Crippen molar-refractivity contribution in [3.8, 4) is 0 Å². The van der Waals surface area contributed by atoms with Crippen LogP contribution in [0.4, 0.5) is 0 Å². The summed E-state index contributed by atoms with van der Waals surface area (Å²) in [4.78, 5) is 4.85. The van der Waals surface area contributed by atoms with Gasteiger partial charge in [-0.2, -0.15) is 0 Å². The molecule has 102 valence electrons. The van der Waals surface area contributed by atoms with Crippen molar-refractivity contribution >= 4 is 11.3 Å². The number of nitrogens with zero attached hydrogens (tertiary/aromatic N) is 1. The van der Waals surface area contributed by atoms with Crippen LogP contribution in [0.25, 0.3) is 0 Å². The molecule has 1 aromatic rings. The van der Waals surface area contributed by atoms with Crippen LogP contribution in [0.5, 0.6) is 0 Å². The molecule has 0 spiro atoms. The molecule has 0 amide bonds. The summed E-state index contributed by atoms with van der Waals surface area (Å²) in [6.07, 6.45) is 4.86. The maximum Gasteiger partial charge on any atom is 0.125 e. The molecule has 1 aliphatic rings. The van der Waals surface area contributed by atoms with Gasteiger partial charge in [0.05, 0.1) is 5.69 Å². The Balaban J connectivity index is 2.27. The van der Waals surface area contributed by atoms with E-state index in [2.05, 4.69) is 33.1 Å². The lowest BCUT2D eigenvalue weighted by molar-refractivity contribution is -0.0821. The van der Waals surface area contributed by atoms with Gasteiger partial charge < -0.3 is 4.74 Å². The summed E-state index contributed by atoms with van der Waals surface area (Å²) in [6.45, 7) is 9.62. The van der Waals surface area contributed by atoms with Gasteiger partial charge in [-0.3, -0.25) is 0 Å². The second-order valence-corrected chi connectivity index (χ2v) is 6.72. The maximum absolute atomic E-state index is 6.17. The van der Waals surface area contributed by atoms with Gasteiger partial charge in [0.15, 0.2) is 0 Å². The van der Waals surface area contributed by atoms with E-state index in [9.17, 15) is 0 Å². The average molecular weight is 267 g/mol. The fourth-order valence-electron chi connectivity index (χ4n) is 2.93. The standard InChI is InChI=1S/C15H25NOS/c1-5-17-15(8-6-7-12(4)9-15)14-16-13(10-18-14)11(2)3/h10-12H,5-9H2,1-4H3. The van der Waals surface area contributed by atoms with Gasteiger partial charge in [-0.15, -0.1) is 11.3 Å². The highest BCUT2D eigenvalue weighted by Crippen LogP contribution is 2.44. The lowest BCUT2D eigenvalue weighted by atomic mass is 9.79. The van der Waals surface area contributed by atoms with E-state index < -0.39 is 0 Å². The summed E-state index contributed by atoms with van der Waals surface area (Å²) in [7, 11) is 0. The maximum atomic E-state index is 6.17. The van der Waals surface area contributed by atoms with Crippen molar-refractivity contribution in [2.75, 3.05) is 6.61 Å². The van der Waals surface area contributed by atoms with Gasteiger partial charge in [0, 0.05) is 12.0 Å². The van der Waals surface area contributed by atoms with Crippen LogP contribution in [0.2, 0.25) is 0 Å². The number of aromatic nitrogens is 1. The monoisotopic (exact) mass is 267 g/mol. The Morgan fingerprint density at radius 2 is 2.33 bits per heavy atom. The fraction of sp³-hybridized carbons (Fsp3) is 0.800. The molecule has 1 fully saturated rings. The van der Waals surface area contributed by atoms with E-state index in [4.69, 9.17) is 9.72 Å². The first-order valence-corrected chi connectivity index (χ1v) is 8.05. The molecule has 0 radical (unpaired) electrons. The van der Waals surface area contributed by atoms with E-state index in [0.29, 0.717) is 5.92 Å². The van der Waals surface area contributed by atoms with Gasteiger partial charge in [0.2, 0.25) is 0 Å². The number of rotatable bonds is 4. The van der Waals surface area contributed by atoms with Crippen molar-refractivity contribution in [2.45, 2.75) is 64.9 Å². The minimum Gasteiger partial charge on any atom is -0.368 e. The van der Waals surface area contributed by atoms with E-state index in [1.807, 2.05) is 0 Å². The molecule has 2 unspecified atom stereocenters. The Morgan fingerprint density at radius 1 is 1.56 bits per heavy atom. The summed E-state index contributed by atoms with van der Waals surface area (Å²) in [6, 6.07) is 0. The van der Waals surface area contributed by atoms with E-state index in [0.717, 1.165) is 25.4 Å². The van der Waals surface area contributed by atoms with Crippen LogP contribution in [-0.2, 0) is 10.3 Å². The SMILES string of the molecule is CCOC1(c2nc(C(C)C)cs2)CCCC(C)C1. The van der Waals surface area contributed by atoms with Crippen LogP contribution >= 0.6 is 11.3 Å². The molecule has 1 heterocycles. The summed E-state index contributed by atoms with van der Waals surface area (Å²) in [5.74, 6) is 1.26. The number of ether oxygens (including phenoxy) is 1. The van der Waals surface area contributed by atoms with E-state index in [-0.39, 0.29) is 5.60 Å². The number of hydrogen-bond donors (Lipinski definition) is 0. The molecule has 0 N–H and O–H groups in total. The Hall–Kier alpha value is -0.410. The molecular formula is C15H25NOS. The summed E-state index contributed by atoms with van der Waals surface area (Å²) in [5, 5.41) is 3.42. The highest BCUT2D eigenvalue weighted by atomic mass is 32.1. The zero-order chi connectivity index (χ0) is 13.2. The molecule has 0 aliphatic heterocycles. The molecular weight excluding hydrogens is 242 g/mol. The van der Waals surface area contributed by atoms with Crippen LogP contribution in [-0.4, -0.2) is 11.6 Å². The van der Waals surface area contributed by atoms with Crippen LogP contribution in [0.15, 0.2) is 5.38 Å². The largest absolute Gasteiger partial charge is 0.368 e. The Kier molecular flexibility index (Phi) is 4.44. The minimum atomic E-state index is -0.0930. The van der Waals surface area contributed by atoms with Gasteiger partial charge in [-0.1, -0.05) is 27.2 Å². The first kappa shape index (κ1) is 14.0. The Labute approximate surface area is 115 Å². The van der Waals surface area contributed by atoms with Gasteiger partial charge in [0.25, 0.3) is 0 Å². The highest BCUT2D eigenvalue weighted by molar-refractivity contribution is 7.09. The van der Waals surface area contributed by atoms with Gasteiger partial charge in [-0.05, 0) is 38.0 Å². The molecule has 2 rings (SSSR count). The first-order valence-electron chi connectivity index (χ1n) is 7.17. The van der Waals surface area contributed by atoms with Crippen molar-refractivity contribution in [1.82, 2.24) is 4.98 Å². The predicted molar refractivity (Wildman–Crippen MR) is 77.1 cm³/mol. The smallest absolute Gasteiger partial charge is 0.125 e. The molecule has 0 aromatic carbocycles. The molecule has 1 saturated carbocycles. The second kappa shape index (κ2) is 5.70. The first-order chi connectivity index (χ1) is 8.57. The van der Waals surface area contributed by atoms with Crippen LogP contribution in [0.3, 0.4) is 0 Å². The van der Waals surface area contributed by atoms with Crippen molar-refractivity contribution in [1.29, 1.82) is 0 Å². The van der Waals surface area contributed by atoms with Crippen molar-refractivity contribution < 1.29 is 4.74 Å². The van der Waals surface area contributed by atoms with Crippen LogP contribution < -0.4 is 0 Å². The summed E-state index contributed by atoms with van der Waals surface area (Å²) >= 11 is 1.79. The zero-order valence-electron chi connectivity index (χ0n) is 12.0. The number of thiazole rings is 1. The van der Waals surface area contributed by atoms with E-state index in [1.54, 1.807) is 11.3 Å². The fourth-order valence-corrected chi connectivity index (χ4v) is 4.10. The normalized spacial score (nSPS) is 28.8. The molecule has 2 nitrogen and oxygen atoms in total. The van der Waals surface area contributed by atoms with Gasteiger partial charge in [-0.25, -0.2) is 4.98 Å². The quantitative estimate of drug-likeness (QED) is 0.788. The molecule has 1 aromatic heterocycles. The zero-order valence-corrected chi connectivity index (χ0v) is 12.8.